The van der Waals surface area contributed by atoms with Gasteiger partial charge < -0.3 is 4.74 Å². The minimum Gasteiger partial charge on any atom is -0.482 e. The van der Waals surface area contributed by atoms with Gasteiger partial charge >= 0.3 is 0 Å². The van der Waals surface area contributed by atoms with E-state index in [0.717, 1.165) is 11.3 Å². The number of rotatable bonds is 6. The maximum absolute atomic E-state index is 11.9. The van der Waals surface area contributed by atoms with Crippen molar-refractivity contribution < 1.29 is 9.53 Å². The molecule has 0 aliphatic heterocycles. The third-order valence-corrected chi connectivity index (χ3v) is 3.59. The highest BCUT2D eigenvalue weighted by Gasteiger charge is 2.07. The van der Waals surface area contributed by atoms with Gasteiger partial charge in [0.15, 0.2) is 6.61 Å². The number of nitrogens with one attached hydrogen (secondary N) is 1. The van der Waals surface area contributed by atoms with Crippen molar-refractivity contribution in [3.05, 3.63) is 66.0 Å². The lowest BCUT2D eigenvalue weighted by Crippen LogP contribution is -2.25. The van der Waals surface area contributed by atoms with Crippen LogP contribution in [0.15, 0.2) is 60.0 Å². The molecule has 0 unspecified atom stereocenters. The Morgan fingerprint density at radius 2 is 2.15 bits per heavy atom. The Kier molecular flexibility index (Phi) is 5.49. The highest BCUT2D eigenvalue weighted by atomic mass is 16.5. The molecular formula is C18H15N7O2. The van der Waals surface area contributed by atoms with Crippen LogP contribution in [0.25, 0.3) is 5.69 Å². The van der Waals surface area contributed by atoms with E-state index in [1.807, 2.05) is 30.3 Å². The van der Waals surface area contributed by atoms with Gasteiger partial charge in [-0.15, -0.1) is 5.10 Å². The number of carbonyl (C=O) groups excluding carboxylic acids is 1. The number of nitriles is 1. The molecule has 0 radical (unpaired) electrons. The highest BCUT2D eigenvalue weighted by molar-refractivity contribution is 5.99. The fraction of sp³-hybridized carbons (Fsp3) is 0.111. The van der Waals surface area contributed by atoms with Gasteiger partial charge in [-0.3, -0.25) is 4.79 Å². The molecule has 0 bridgehead atoms. The van der Waals surface area contributed by atoms with Crippen LogP contribution in [0.1, 0.15) is 18.1 Å². The molecule has 0 fully saturated rings. The molecule has 9 heteroatoms. The smallest absolute Gasteiger partial charge is 0.277 e. The molecule has 9 nitrogen and oxygen atoms in total. The first-order valence-corrected chi connectivity index (χ1v) is 7.96. The Bertz CT molecular complexity index is 1010. The Hall–Kier alpha value is -4.06. The summed E-state index contributed by atoms with van der Waals surface area (Å²) in [6.07, 6.45) is 1.49. The van der Waals surface area contributed by atoms with Crippen molar-refractivity contribution in [3.63, 3.8) is 0 Å². The minimum absolute atomic E-state index is 0.250. The molecule has 1 heterocycles. The van der Waals surface area contributed by atoms with Crippen molar-refractivity contribution in [1.29, 1.82) is 5.26 Å². The van der Waals surface area contributed by atoms with Crippen molar-refractivity contribution in [3.8, 4) is 17.5 Å². The zero-order chi connectivity index (χ0) is 19.1. The number of amides is 1. The van der Waals surface area contributed by atoms with E-state index in [1.165, 1.54) is 11.0 Å². The lowest BCUT2D eigenvalue weighted by atomic mass is 10.1. The number of ether oxygens (including phenoxy) is 1. The van der Waals surface area contributed by atoms with Crippen molar-refractivity contribution in [2.45, 2.75) is 6.92 Å². The zero-order valence-electron chi connectivity index (χ0n) is 14.4. The Labute approximate surface area is 154 Å². The molecule has 1 aromatic heterocycles. The first kappa shape index (κ1) is 17.8. The van der Waals surface area contributed by atoms with E-state index in [4.69, 9.17) is 10.00 Å². The summed E-state index contributed by atoms with van der Waals surface area (Å²) in [5, 5.41) is 24.1. The minimum atomic E-state index is -0.432. The monoisotopic (exact) mass is 361 g/mol. The molecule has 0 aliphatic rings. The first-order valence-electron chi connectivity index (χ1n) is 7.96. The molecule has 0 saturated heterocycles. The van der Waals surface area contributed by atoms with Gasteiger partial charge in [0.05, 0.1) is 17.0 Å². The number of aromatic nitrogens is 4. The number of hydrogen-bond donors (Lipinski definition) is 1. The maximum Gasteiger partial charge on any atom is 0.277 e. The largest absolute Gasteiger partial charge is 0.482 e. The molecule has 1 N–H and O–H groups in total. The van der Waals surface area contributed by atoms with Gasteiger partial charge in [-0.25, -0.2) is 10.1 Å². The molecule has 134 valence electrons. The number of hydrogen-bond acceptors (Lipinski definition) is 7. The molecule has 0 saturated carbocycles. The molecular weight excluding hydrogens is 346 g/mol. The fourth-order valence-corrected chi connectivity index (χ4v) is 2.22. The molecule has 3 aromatic rings. The number of carbonyl (C=O) groups is 1. The van der Waals surface area contributed by atoms with Crippen LogP contribution in [0.2, 0.25) is 0 Å². The summed E-state index contributed by atoms with van der Waals surface area (Å²) < 4.78 is 6.89. The lowest BCUT2D eigenvalue weighted by molar-refractivity contribution is -0.123. The standard InChI is InChI=1S/C18H15N7O2/c1-13(14-6-4-7-16(9-14)25-12-20-23-24-25)21-22-18(26)11-27-17-8-3-2-5-15(17)10-19/h2-9,12H,11H2,1H3,(H,22,26)/b21-13+. The van der Waals surface area contributed by atoms with E-state index in [-0.39, 0.29) is 6.61 Å². The number of hydrazone groups is 1. The average Bonchev–Trinajstić information content (AvgIpc) is 3.25. The van der Waals surface area contributed by atoms with E-state index in [0.29, 0.717) is 17.0 Å². The van der Waals surface area contributed by atoms with Crippen LogP contribution in [0.4, 0.5) is 0 Å². The van der Waals surface area contributed by atoms with Crippen molar-refractivity contribution in [2.75, 3.05) is 6.61 Å². The zero-order valence-corrected chi connectivity index (χ0v) is 14.4. The summed E-state index contributed by atoms with van der Waals surface area (Å²) in [6.45, 7) is 1.52. The van der Waals surface area contributed by atoms with Gasteiger partial charge in [0.2, 0.25) is 0 Å². The molecule has 27 heavy (non-hydrogen) atoms. The van der Waals surface area contributed by atoms with E-state index in [2.05, 4.69) is 26.1 Å². The summed E-state index contributed by atoms with van der Waals surface area (Å²) in [7, 11) is 0. The van der Waals surface area contributed by atoms with Gasteiger partial charge in [0, 0.05) is 0 Å². The van der Waals surface area contributed by atoms with E-state index >= 15 is 0 Å². The summed E-state index contributed by atoms with van der Waals surface area (Å²) in [5.41, 5.74) is 4.99. The maximum atomic E-state index is 11.9. The van der Waals surface area contributed by atoms with Gasteiger partial charge in [0.25, 0.3) is 5.91 Å². The second-order valence-corrected chi connectivity index (χ2v) is 5.43. The van der Waals surface area contributed by atoms with E-state index < -0.39 is 5.91 Å². The topological polar surface area (TPSA) is 118 Å². The molecule has 1 amide bonds. The van der Waals surface area contributed by atoms with Crippen molar-refractivity contribution in [2.24, 2.45) is 5.10 Å². The Balaban J connectivity index is 1.61. The normalized spacial score (nSPS) is 10.9. The molecule has 0 aliphatic carbocycles. The number of tetrazole rings is 1. The SMILES string of the molecule is C/C(=N\NC(=O)COc1ccccc1C#N)c1cccc(-n2cnnn2)c1. The van der Waals surface area contributed by atoms with Gasteiger partial charge in [-0.05, 0) is 47.2 Å². The third kappa shape index (κ3) is 4.52. The average molecular weight is 361 g/mol. The second-order valence-electron chi connectivity index (χ2n) is 5.43. The number of para-hydroxylation sites is 1. The first-order chi connectivity index (χ1) is 13.2. The van der Waals surface area contributed by atoms with Crippen LogP contribution in [0, 0.1) is 11.3 Å². The van der Waals surface area contributed by atoms with Crippen LogP contribution in [0.3, 0.4) is 0 Å². The fourth-order valence-electron chi connectivity index (χ4n) is 2.22. The molecule has 0 spiro atoms. The van der Waals surface area contributed by atoms with E-state index in [9.17, 15) is 4.79 Å². The second kappa shape index (κ2) is 8.35. The Morgan fingerprint density at radius 1 is 1.30 bits per heavy atom. The number of nitrogens with zero attached hydrogens (tertiary/aromatic N) is 6. The summed E-state index contributed by atoms with van der Waals surface area (Å²) in [5.74, 6) is -0.0799. The van der Waals surface area contributed by atoms with Crippen LogP contribution >= 0.6 is 0 Å². The highest BCUT2D eigenvalue weighted by Crippen LogP contribution is 2.16. The van der Waals surface area contributed by atoms with Gasteiger partial charge in [-0.1, -0.05) is 24.3 Å². The van der Waals surface area contributed by atoms with Crippen LogP contribution in [-0.4, -0.2) is 38.4 Å². The molecule has 0 atom stereocenters. The summed E-state index contributed by atoms with van der Waals surface area (Å²) in [4.78, 5) is 11.9. The van der Waals surface area contributed by atoms with Crippen LogP contribution in [-0.2, 0) is 4.79 Å². The predicted molar refractivity (Wildman–Crippen MR) is 96.2 cm³/mol. The summed E-state index contributed by atoms with van der Waals surface area (Å²) >= 11 is 0. The third-order valence-electron chi connectivity index (χ3n) is 3.59. The van der Waals surface area contributed by atoms with E-state index in [1.54, 1.807) is 31.2 Å². The number of benzene rings is 2. The Morgan fingerprint density at radius 3 is 2.93 bits per heavy atom. The predicted octanol–water partition coefficient (Wildman–Crippen LogP) is 1.45. The quantitative estimate of drug-likeness (QED) is 0.524. The van der Waals surface area contributed by atoms with Gasteiger partial charge in [-0.2, -0.15) is 10.4 Å². The molecule has 3 rings (SSSR count). The van der Waals surface area contributed by atoms with Crippen molar-refractivity contribution >= 4 is 11.6 Å². The van der Waals surface area contributed by atoms with Crippen LogP contribution < -0.4 is 10.2 Å². The summed E-state index contributed by atoms with van der Waals surface area (Å²) in [6, 6.07) is 16.1. The van der Waals surface area contributed by atoms with Crippen LogP contribution in [0.5, 0.6) is 5.75 Å². The van der Waals surface area contributed by atoms with Crippen molar-refractivity contribution in [1.82, 2.24) is 25.6 Å². The lowest BCUT2D eigenvalue weighted by Gasteiger charge is -2.07. The van der Waals surface area contributed by atoms with Gasteiger partial charge in [0.1, 0.15) is 18.1 Å². The molecule has 2 aromatic carbocycles.